The van der Waals surface area contributed by atoms with E-state index in [9.17, 15) is 9.59 Å². The Hall–Kier alpha value is -1.12. The molecule has 3 heteroatoms. The van der Waals surface area contributed by atoms with Crippen molar-refractivity contribution in [2.75, 3.05) is 0 Å². The van der Waals surface area contributed by atoms with Gasteiger partial charge in [0.1, 0.15) is 11.9 Å². The van der Waals surface area contributed by atoms with Crippen LogP contribution in [0.3, 0.4) is 0 Å². The van der Waals surface area contributed by atoms with Gasteiger partial charge in [-0.3, -0.25) is 0 Å². The Balaban J connectivity index is 2.76. The molecule has 0 saturated carbocycles. The van der Waals surface area contributed by atoms with E-state index in [0.717, 1.165) is 6.29 Å². The van der Waals surface area contributed by atoms with Crippen LogP contribution < -0.4 is 0 Å². The van der Waals surface area contributed by atoms with E-state index in [1.165, 1.54) is 6.08 Å². The molecule has 0 radical (unpaired) electrons. The SMILES string of the molecule is CC[C@]1([C@H](C)CC=O)C=CC(=O)O1. The third-order valence-corrected chi connectivity index (χ3v) is 2.63. The molecule has 0 bridgehead atoms. The van der Waals surface area contributed by atoms with Gasteiger partial charge in [0, 0.05) is 18.4 Å². The molecule has 0 N–H and O–H groups in total. The van der Waals surface area contributed by atoms with Crippen LogP contribution in [0.1, 0.15) is 26.7 Å². The van der Waals surface area contributed by atoms with E-state index in [2.05, 4.69) is 0 Å². The summed E-state index contributed by atoms with van der Waals surface area (Å²) in [7, 11) is 0. The van der Waals surface area contributed by atoms with Crippen molar-refractivity contribution in [2.45, 2.75) is 32.3 Å². The third-order valence-electron chi connectivity index (χ3n) is 2.63. The van der Waals surface area contributed by atoms with Crippen molar-refractivity contribution in [3.05, 3.63) is 12.2 Å². The Morgan fingerprint density at radius 2 is 2.38 bits per heavy atom. The molecule has 0 saturated heterocycles. The topological polar surface area (TPSA) is 43.4 Å². The highest BCUT2D eigenvalue weighted by molar-refractivity contribution is 5.85. The molecule has 0 aromatic rings. The van der Waals surface area contributed by atoms with Gasteiger partial charge in [-0.25, -0.2) is 4.79 Å². The highest BCUT2D eigenvalue weighted by atomic mass is 16.6. The zero-order valence-corrected chi connectivity index (χ0v) is 7.95. The van der Waals surface area contributed by atoms with Crippen molar-refractivity contribution < 1.29 is 14.3 Å². The third kappa shape index (κ3) is 1.79. The summed E-state index contributed by atoms with van der Waals surface area (Å²) in [6.45, 7) is 3.87. The van der Waals surface area contributed by atoms with Gasteiger partial charge in [-0.15, -0.1) is 0 Å². The largest absolute Gasteiger partial charge is 0.451 e. The molecule has 13 heavy (non-hydrogen) atoms. The summed E-state index contributed by atoms with van der Waals surface area (Å²) in [5.41, 5.74) is -0.544. The normalized spacial score (nSPS) is 28.6. The highest BCUT2D eigenvalue weighted by Gasteiger charge is 2.38. The van der Waals surface area contributed by atoms with Gasteiger partial charge in [0.05, 0.1) is 0 Å². The number of ether oxygens (including phenoxy) is 1. The second-order valence-electron chi connectivity index (χ2n) is 3.37. The minimum Gasteiger partial charge on any atom is -0.451 e. The molecule has 0 fully saturated rings. The molecule has 1 heterocycles. The first-order valence-corrected chi connectivity index (χ1v) is 4.50. The Bertz CT molecular complexity index is 245. The average Bonchev–Trinajstić information content (AvgIpc) is 2.49. The number of carbonyl (C=O) groups excluding carboxylic acids is 2. The maximum atomic E-state index is 10.9. The van der Waals surface area contributed by atoms with Crippen LogP contribution in [0.25, 0.3) is 0 Å². The zero-order valence-electron chi connectivity index (χ0n) is 7.95. The first-order chi connectivity index (χ1) is 6.14. The summed E-state index contributed by atoms with van der Waals surface area (Å²) in [6.07, 6.45) is 5.20. The van der Waals surface area contributed by atoms with Gasteiger partial charge in [-0.05, 0) is 12.5 Å². The van der Waals surface area contributed by atoms with Crippen molar-refractivity contribution in [3.8, 4) is 0 Å². The molecular weight excluding hydrogens is 168 g/mol. The van der Waals surface area contributed by atoms with Crippen molar-refractivity contribution in [1.82, 2.24) is 0 Å². The van der Waals surface area contributed by atoms with E-state index in [1.54, 1.807) is 6.08 Å². The second kappa shape index (κ2) is 3.73. The van der Waals surface area contributed by atoms with Crippen LogP contribution in [-0.4, -0.2) is 17.9 Å². The Kier molecular flexibility index (Phi) is 2.86. The predicted molar refractivity (Wildman–Crippen MR) is 48.1 cm³/mol. The summed E-state index contributed by atoms with van der Waals surface area (Å²) in [6, 6.07) is 0. The summed E-state index contributed by atoms with van der Waals surface area (Å²) < 4.78 is 5.20. The summed E-state index contributed by atoms with van der Waals surface area (Å²) in [5.74, 6) is -0.253. The van der Waals surface area contributed by atoms with Crippen LogP contribution in [-0.2, 0) is 14.3 Å². The molecule has 1 aliphatic heterocycles. The Morgan fingerprint density at radius 1 is 1.69 bits per heavy atom. The molecule has 3 nitrogen and oxygen atoms in total. The minimum atomic E-state index is -0.544. The fourth-order valence-corrected chi connectivity index (χ4v) is 1.61. The Morgan fingerprint density at radius 3 is 2.77 bits per heavy atom. The fraction of sp³-hybridized carbons (Fsp3) is 0.600. The molecule has 0 aromatic carbocycles. The van der Waals surface area contributed by atoms with Crippen LogP contribution in [0.4, 0.5) is 0 Å². The molecule has 0 amide bonds. The number of rotatable bonds is 4. The van der Waals surface area contributed by atoms with E-state index in [4.69, 9.17) is 4.74 Å². The maximum Gasteiger partial charge on any atom is 0.331 e. The number of carbonyl (C=O) groups is 2. The van der Waals surface area contributed by atoms with Crippen LogP contribution in [0.2, 0.25) is 0 Å². The highest BCUT2D eigenvalue weighted by Crippen LogP contribution is 2.33. The van der Waals surface area contributed by atoms with Gasteiger partial charge >= 0.3 is 5.97 Å². The number of aldehydes is 1. The van der Waals surface area contributed by atoms with Crippen molar-refractivity contribution >= 4 is 12.3 Å². The van der Waals surface area contributed by atoms with E-state index in [0.29, 0.717) is 12.8 Å². The summed E-state index contributed by atoms with van der Waals surface area (Å²) in [5, 5.41) is 0. The average molecular weight is 182 g/mol. The lowest BCUT2D eigenvalue weighted by molar-refractivity contribution is -0.150. The van der Waals surface area contributed by atoms with Gasteiger partial charge < -0.3 is 9.53 Å². The summed E-state index contributed by atoms with van der Waals surface area (Å²) >= 11 is 0. The number of hydrogen-bond donors (Lipinski definition) is 0. The molecule has 0 aliphatic carbocycles. The summed E-state index contributed by atoms with van der Waals surface area (Å²) in [4.78, 5) is 21.3. The quantitative estimate of drug-likeness (QED) is 0.488. The molecule has 1 aliphatic rings. The number of esters is 1. The lowest BCUT2D eigenvalue weighted by Crippen LogP contribution is -2.35. The minimum absolute atomic E-state index is 0.0534. The van der Waals surface area contributed by atoms with E-state index < -0.39 is 5.60 Å². The van der Waals surface area contributed by atoms with Crippen LogP contribution in [0.5, 0.6) is 0 Å². The first kappa shape index (κ1) is 9.96. The van der Waals surface area contributed by atoms with Crippen LogP contribution in [0.15, 0.2) is 12.2 Å². The number of cyclic esters (lactones) is 1. The van der Waals surface area contributed by atoms with Gasteiger partial charge in [-0.1, -0.05) is 13.8 Å². The monoisotopic (exact) mass is 182 g/mol. The van der Waals surface area contributed by atoms with Gasteiger partial charge in [0.25, 0.3) is 0 Å². The Labute approximate surface area is 77.8 Å². The molecule has 0 unspecified atom stereocenters. The molecule has 1 rings (SSSR count). The number of hydrogen-bond acceptors (Lipinski definition) is 3. The van der Waals surface area contributed by atoms with E-state index >= 15 is 0 Å². The van der Waals surface area contributed by atoms with Gasteiger partial charge in [0.15, 0.2) is 0 Å². The lowest BCUT2D eigenvalue weighted by Gasteiger charge is -2.30. The standard InChI is InChI=1S/C10H14O3/c1-3-10(8(2)5-7-11)6-4-9(12)13-10/h4,6-8H,3,5H2,1-2H3/t8-,10-/m1/s1. The zero-order chi connectivity index (χ0) is 9.90. The van der Waals surface area contributed by atoms with Crippen molar-refractivity contribution in [2.24, 2.45) is 5.92 Å². The molecule has 72 valence electrons. The van der Waals surface area contributed by atoms with E-state index in [1.807, 2.05) is 13.8 Å². The van der Waals surface area contributed by atoms with Crippen molar-refractivity contribution in [3.63, 3.8) is 0 Å². The van der Waals surface area contributed by atoms with Crippen LogP contribution in [0, 0.1) is 5.92 Å². The molecule has 2 atom stereocenters. The molecule has 0 aromatic heterocycles. The van der Waals surface area contributed by atoms with Gasteiger partial charge in [0.2, 0.25) is 0 Å². The van der Waals surface area contributed by atoms with Crippen LogP contribution >= 0.6 is 0 Å². The van der Waals surface area contributed by atoms with E-state index in [-0.39, 0.29) is 11.9 Å². The van der Waals surface area contributed by atoms with Crippen molar-refractivity contribution in [1.29, 1.82) is 0 Å². The predicted octanol–water partition coefficient (Wildman–Crippen LogP) is 1.47. The second-order valence-corrected chi connectivity index (χ2v) is 3.37. The molecular formula is C10H14O3. The smallest absolute Gasteiger partial charge is 0.331 e. The molecule has 0 spiro atoms. The maximum absolute atomic E-state index is 10.9. The van der Waals surface area contributed by atoms with Gasteiger partial charge in [-0.2, -0.15) is 0 Å². The fourth-order valence-electron chi connectivity index (χ4n) is 1.61. The first-order valence-electron chi connectivity index (χ1n) is 4.50. The lowest BCUT2D eigenvalue weighted by atomic mass is 9.85.